The minimum Gasteiger partial charge on any atom is -0.207 e. The summed E-state index contributed by atoms with van der Waals surface area (Å²) in [6.45, 7) is 0. The summed E-state index contributed by atoms with van der Waals surface area (Å²) in [5.41, 5.74) is 0. The molecule has 0 amide bonds. The molecule has 0 heterocycles. The highest BCUT2D eigenvalue weighted by atomic mass is 32.2. The van der Waals surface area contributed by atoms with Gasteiger partial charge in [0.15, 0.2) is 0 Å². The van der Waals surface area contributed by atoms with E-state index >= 15 is 0 Å². The number of hydrogen-bond acceptors (Lipinski definition) is 2. The molecule has 1 saturated carbocycles. The number of nitrogens with zero attached hydrogens (tertiary/aromatic N) is 1. The van der Waals surface area contributed by atoms with E-state index in [1.807, 2.05) is 6.07 Å². The normalized spacial score (nSPS) is 25.0. The van der Waals surface area contributed by atoms with Crippen LogP contribution in [0.5, 0.6) is 0 Å². The highest BCUT2D eigenvalue weighted by Crippen LogP contribution is 2.37. The zero-order chi connectivity index (χ0) is 11.4. The highest BCUT2D eigenvalue weighted by molar-refractivity contribution is 8.00. The Morgan fingerprint density at radius 1 is 1.31 bits per heavy atom. The summed E-state index contributed by atoms with van der Waals surface area (Å²) >= 11 is 1.65. The summed E-state index contributed by atoms with van der Waals surface area (Å²) in [6, 6.07) is 9.01. The molecule has 0 bridgehead atoms. The van der Waals surface area contributed by atoms with Crippen LogP contribution in [0.15, 0.2) is 29.2 Å². The van der Waals surface area contributed by atoms with Crippen LogP contribution in [-0.2, 0) is 0 Å². The molecular formula is C13H14FNS. The van der Waals surface area contributed by atoms with Crippen LogP contribution in [0.1, 0.15) is 25.7 Å². The van der Waals surface area contributed by atoms with Crippen LogP contribution in [0, 0.1) is 23.1 Å². The molecule has 0 N–H and O–H groups in total. The van der Waals surface area contributed by atoms with Crippen LogP contribution in [0.4, 0.5) is 4.39 Å². The predicted molar refractivity (Wildman–Crippen MR) is 63.6 cm³/mol. The molecule has 0 radical (unpaired) electrons. The second-order valence-corrected chi connectivity index (χ2v) is 5.45. The van der Waals surface area contributed by atoms with Gasteiger partial charge in [0.2, 0.25) is 0 Å². The quantitative estimate of drug-likeness (QED) is 0.773. The molecule has 1 nitrogen and oxygen atoms in total. The number of thioether (sulfide) groups is 1. The first-order valence-corrected chi connectivity index (χ1v) is 6.49. The highest BCUT2D eigenvalue weighted by Gasteiger charge is 2.25. The summed E-state index contributed by atoms with van der Waals surface area (Å²) in [6.07, 6.45) is 4.40. The van der Waals surface area contributed by atoms with Gasteiger partial charge in [0.05, 0.1) is 12.0 Å². The van der Waals surface area contributed by atoms with E-state index in [4.69, 9.17) is 5.26 Å². The molecule has 84 valence electrons. The second kappa shape index (κ2) is 5.36. The molecule has 0 aliphatic heterocycles. The summed E-state index contributed by atoms with van der Waals surface area (Å²) in [5.74, 6) is -0.0728. The first kappa shape index (κ1) is 11.5. The van der Waals surface area contributed by atoms with E-state index in [0.29, 0.717) is 5.25 Å². The average Bonchev–Trinajstić information content (AvgIpc) is 2.30. The van der Waals surface area contributed by atoms with Gasteiger partial charge in [0, 0.05) is 10.1 Å². The lowest BCUT2D eigenvalue weighted by Crippen LogP contribution is -2.20. The van der Waals surface area contributed by atoms with Crippen LogP contribution in [0.25, 0.3) is 0 Å². The first-order valence-electron chi connectivity index (χ1n) is 5.61. The Labute approximate surface area is 99.7 Å². The molecule has 1 aliphatic rings. The summed E-state index contributed by atoms with van der Waals surface area (Å²) in [4.78, 5) is 0.937. The van der Waals surface area contributed by atoms with Crippen LogP contribution in [0.2, 0.25) is 0 Å². The van der Waals surface area contributed by atoms with Crippen molar-refractivity contribution in [3.05, 3.63) is 30.1 Å². The van der Waals surface area contributed by atoms with Gasteiger partial charge in [-0.1, -0.05) is 18.9 Å². The third-order valence-electron chi connectivity index (χ3n) is 2.95. The van der Waals surface area contributed by atoms with Crippen molar-refractivity contribution in [3.8, 4) is 6.07 Å². The predicted octanol–water partition coefficient (Wildman–Crippen LogP) is 4.00. The largest absolute Gasteiger partial charge is 0.207 e. The molecule has 0 aromatic heterocycles. The van der Waals surface area contributed by atoms with Crippen LogP contribution in [-0.4, -0.2) is 5.25 Å². The molecule has 1 aliphatic carbocycles. The topological polar surface area (TPSA) is 23.8 Å². The van der Waals surface area contributed by atoms with Gasteiger partial charge in [-0.15, -0.1) is 11.8 Å². The van der Waals surface area contributed by atoms with E-state index in [9.17, 15) is 4.39 Å². The monoisotopic (exact) mass is 235 g/mol. The van der Waals surface area contributed by atoms with E-state index in [2.05, 4.69) is 6.07 Å². The van der Waals surface area contributed by atoms with Gasteiger partial charge < -0.3 is 0 Å². The Kier molecular flexibility index (Phi) is 3.84. The number of rotatable bonds is 2. The van der Waals surface area contributed by atoms with Crippen molar-refractivity contribution in [1.82, 2.24) is 0 Å². The van der Waals surface area contributed by atoms with Crippen molar-refractivity contribution in [3.63, 3.8) is 0 Å². The molecule has 16 heavy (non-hydrogen) atoms. The van der Waals surface area contributed by atoms with Gasteiger partial charge in [0.1, 0.15) is 5.82 Å². The van der Waals surface area contributed by atoms with Crippen molar-refractivity contribution in [1.29, 1.82) is 5.26 Å². The Morgan fingerprint density at radius 3 is 2.88 bits per heavy atom. The van der Waals surface area contributed by atoms with E-state index in [1.54, 1.807) is 23.9 Å². The van der Waals surface area contributed by atoms with Crippen LogP contribution in [0.3, 0.4) is 0 Å². The van der Waals surface area contributed by atoms with E-state index in [0.717, 1.165) is 24.2 Å². The fourth-order valence-electron chi connectivity index (χ4n) is 2.10. The maximum atomic E-state index is 13.0. The minimum atomic E-state index is -0.200. The molecule has 2 rings (SSSR count). The Balaban J connectivity index is 2.05. The molecule has 0 saturated heterocycles. The number of nitriles is 1. The van der Waals surface area contributed by atoms with Gasteiger partial charge >= 0.3 is 0 Å². The number of benzene rings is 1. The van der Waals surface area contributed by atoms with Crippen molar-refractivity contribution in [2.75, 3.05) is 0 Å². The van der Waals surface area contributed by atoms with Crippen LogP contribution >= 0.6 is 11.8 Å². The summed E-state index contributed by atoms with van der Waals surface area (Å²) in [5, 5.41) is 9.39. The molecule has 1 aromatic rings. The van der Waals surface area contributed by atoms with Gasteiger partial charge in [-0.25, -0.2) is 4.39 Å². The SMILES string of the molecule is N#CC1CCCCC1Sc1cccc(F)c1. The second-order valence-electron chi connectivity index (χ2n) is 4.13. The molecule has 2 unspecified atom stereocenters. The van der Waals surface area contributed by atoms with Crippen molar-refractivity contribution < 1.29 is 4.39 Å². The zero-order valence-electron chi connectivity index (χ0n) is 9.03. The van der Waals surface area contributed by atoms with Gasteiger partial charge in [-0.05, 0) is 31.0 Å². The van der Waals surface area contributed by atoms with Gasteiger partial charge in [-0.2, -0.15) is 5.26 Å². The number of hydrogen-bond donors (Lipinski definition) is 0. The third kappa shape index (κ3) is 2.76. The molecule has 0 spiro atoms. The van der Waals surface area contributed by atoms with Gasteiger partial charge in [0.25, 0.3) is 0 Å². The van der Waals surface area contributed by atoms with E-state index in [1.165, 1.54) is 12.5 Å². The minimum absolute atomic E-state index is 0.127. The van der Waals surface area contributed by atoms with E-state index in [-0.39, 0.29) is 11.7 Å². The molecule has 2 atom stereocenters. The Bertz CT molecular complexity index is 399. The van der Waals surface area contributed by atoms with E-state index < -0.39 is 0 Å². The lowest BCUT2D eigenvalue weighted by molar-refractivity contribution is 0.439. The maximum absolute atomic E-state index is 13.0. The first-order chi connectivity index (χ1) is 7.79. The lowest BCUT2D eigenvalue weighted by Gasteiger charge is -2.26. The smallest absolute Gasteiger partial charge is 0.124 e. The van der Waals surface area contributed by atoms with Crippen molar-refractivity contribution in [2.45, 2.75) is 35.8 Å². The standard InChI is InChI=1S/C13H14FNS/c14-11-5-3-6-12(8-11)16-13-7-2-1-4-10(13)9-15/h3,5-6,8,10,13H,1-2,4,7H2. The maximum Gasteiger partial charge on any atom is 0.124 e. The zero-order valence-corrected chi connectivity index (χ0v) is 9.84. The molecule has 1 fully saturated rings. The molecular weight excluding hydrogens is 221 g/mol. The molecule has 3 heteroatoms. The van der Waals surface area contributed by atoms with Crippen molar-refractivity contribution >= 4 is 11.8 Å². The Morgan fingerprint density at radius 2 is 2.12 bits per heavy atom. The number of halogens is 1. The average molecular weight is 235 g/mol. The van der Waals surface area contributed by atoms with Crippen molar-refractivity contribution in [2.24, 2.45) is 5.92 Å². The fraction of sp³-hybridized carbons (Fsp3) is 0.462. The van der Waals surface area contributed by atoms with Crippen LogP contribution < -0.4 is 0 Å². The third-order valence-corrected chi connectivity index (χ3v) is 4.35. The summed E-state index contributed by atoms with van der Waals surface area (Å²) in [7, 11) is 0. The van der Waals surface area contributed by atoms with Gasteiger partial charge in [-0.3, -0.25) is 0 Å². The summed E-state index contributed by atoms with van der Waals surface area (Å²) < 4.78 is 13.0. The lowest BCUT2D eigenvalue weighted by atomic mass is 9.90. The fourth-order valence-corrected chi connectivity index (χ4v) is 3.43. The Hall–Kier alpha value is -1.01. The molecule has 1 aromatic carbocycles.